The number of aromatic nitrogens is 3. The number of alkyl halides is 3. The van der Waals surface area contributed by atoms with E-state index in [1.165, 1.54) is 12.1 Å². The summed E-state index contributed by atoms with van der Waals surface area (Å²) in [6, 6.07) is 5.29. The molecule has 1 aromatic heterocycles. The molecule has 0 saturated carbocycles. The third-order valence-electron chi connectivity index (χ3n) is 5.14. The maximum Gasteiger partial charge on any atom is 0.425 e. The molecule has 13 heteroatoms. The van der Waals surface area contributed by atoms with Gasteiger partial charge >= 0.3 is 6.18 Å². The van der Waals surface area contributed by atoms with Crippen molar-refractivity contribution in [2.75, 3.05) is 11.9 Å². The van der Waals surface area contributed by atoms with Gasteiger partial charge in [-0.1, -0.05) is 17.7 Å². The van der Waals surface area contributed by atoms with Gasteiger partial charge in [-0.3, -0.25) is 4.79 Å². The quantitative estimate of drug-likeness (QED) is 0.501. The molecular weight excluding hydrogens is 485 g/mol. The summed E-state index contributed by atoms with van der Waals surface area (Å²) in [5.41, 5.74) is -1.20. The normalized spacial score (nSPS) is 14.4. The molecule has 1 unspecified atom stereocenters. The number of fused-ring (bicyclic) bond motifs is 1. The van der Waals surface area contributed by atoms with Crippen molar-refractivity contribution >= 4 is 23.2 Å². The highest BCUT2D eigenvalue weighted by Gasteiger charge is 2.39. The molecule has 1 amide bonds. The van der Waals surface area contributed by atoms with Gasteiger partial charge in [0.2, 0.25) is 0 Å². The van der Waals surface area contributed by atoms with Crippen molar-refractivity contribution in [2.45, 2.75) is 32.3 Å². The average Bonchev–Trinajstić information content (AvgIpc) is 3.20. The van der Waals surface area contributed by atoms with Crippen LogP contribution >= 0.6 is 11.6 Å². The van der Waals surface area contributed by atoms with Gasteiger partial charge in [0.15, 0.2) is 11.9 Å². The highest BCUT2D eigenvalue weighted by atomic mass is 35.5. The van der Waals surface area contributed by atoms with Crippen LogP contribution in [0.4, 0.5) is 27.6 Å². The van der Waals surface area contributed by atoms with E-state index >= 15 is 4.39 Å². The van der Waals surface area contributed by atoms with E-state index in [0.29, 0.717) is 31.5 Å². The summed E-state index contributed by atoms with van der Waals surface area (Å²) >= 11 is 5.90. The van der Waals surface area contributed by atoms with Crippen LogP contribution in [-0.2, 0) is 13.1 Å². The van der Waals surface area contributed by atoms with Crippen LogP contribution in [0.3, 0.4) is 0 Å². The lowest BCUT2D eigenvalue weighted by Gasteiger charge is -2.21. The molecule has 2 N–H and O–H groups in total. The van der Waals surface area contributed by atoms with Crippen LogP contribution in [0.5, 0.6) is 5.75 Å². The summed E-state index contributed by atoms with van der Waals surface area (Å²) in [4.78, 5) is 12.8. The monoisotopic (exact) mass is 501 g/mol. The molecule has 2 heterocycles. The van der Waals surface area contributed by atoms with E-state index in [0.717, 1.165) is 19.1 Å². The minimum absolute atomic E-state index is 0.0719. The van der Waals surface area contributed by atoms with Crippen molar-refractivity contribution in [1.82, 2.24) is 20.1 Å². The number of carbonyl (C=O) groups excluding carboxylic acids is 1. The lowest BCUT2D eigenvalue weighted by atomic mass is 10.1. The molecule has 0 spiro atoms. The van der Waals surface area contributed by atoms with Gasteiger partial charge < -0.3 is 19.9 Å². The number of nitrogens with one attached hydrogen (secondary N) is 2. The minimum Gasteiger partial charge on any atom is -0.480 e. The van der Waals surface area contributed by atoms with E-state index in [2.05, 4.69) is 20.8 Å². The zero-order chi connectivity index (χ0) is 24.6. The Labute approximate surface area is 194 Å². The van der Waals surface area contributed by atoms with Crippen LogP contribution in [0.2, 0.25) is 5.02 Å². The number of ether oxygens (including phenoxy) is 1. The number of nitrogens with zero attached hydrogens (tertiary/aromatic N) is 3. The first kappa shape index (κ1) is 23.9. The van der Waals surface area contributed by atoms with Crippen molar-refractivity contribution in [3.63, 3.8) is 0 Å². The first-order chi connectivity index (χ1) is 16.1. The van der Waals surface area contributed by atoms with Crippen LogP contribution < -0.4 is 15.4 Å². The van der Waals surface area contributed by atoms with E-state index in [1.807, 2.05) is 0 Å². The maximum atomic E-state index is 15.1. The Kier molecular flexibility index (Phi) is 6.45. The second-order valence-corrected chi connectivity index (χ2v) is 7.86. The summed E-state index contributed by atoms with van der Waals surface area (Å²) < 4.78 is 75.5. The van der Waals surface area contributed by atoms with E-state index in [-0.39, 0.29) is 16.4 Å². The SMILES string of the molecule is CC(Oc1cc(-c2nnc3n2CCNC3)c(F)cc1C(=O)Nc1c(F)cccc1Cl)C(F)(F)F. The first-order valence-corrected chi connectivity index (χ1v) is 10.4. The van der Waals surface area contributed by atoms with Crippen molar-refractivity contribution in [2.24, 2.45) is 0 Å². The van der Waals surface area contributed by atoms with Crippen molar-refractivity contribution in [3.05, 3.63) is 58.4 Å². The first-order valence-electron chi connectivity index (χ1n) is 10.0. The molecule has 0 aliphatic carbocycles. The fourth-order valence-electron chi connectivity index (χ4n) is 3.35. The van der Waals surface area contributed by atoms with Gasteiger partial charge in [0.25, 0.3) is 5.91 Å². The van der Waals surface area contributed by atoms with Crippen molar-refractivity contribution in [3.8, 4) is 17.1 Å². The fraction of sp³-hybridized carbons (Fsp3) is 0.286. The Bertz CT molecular complexity index is 1230. The standard InChI is InChI=1S/C21H17ClF5N5O2/c1-10(21(25,26)27)34-16-8-11(19-31-30-17-9-28-5-6-32(17)19)15(24)7-12(16)20(33)29-18-13(22)3-2-4-14(18)23/h2-4,7-8,10,28H,5-6,9H2,1H3,(H,29,33). The second-order valence-electron chi connectivity index (χ2n) is 7.45. The number of para-hydroxylation sites is 1. The molecule has 1 aliphatic heterocycles. The molecule has 4 rings (SSSR count). The summed E-state index contributed by atoms with van der Waals surface area (Å²) in [5, 5.41) is 13.0. The van der Waals surface area contributed by atoms with Gasteiger partial charge in [0.05, 0.1) is 28.4 Å². The van der Waals surface area contributed by atoms with Crippen molar-refractivity contribution < 1.29 is 31.5 Å². The zero-order valence-electron chi connectivity index (χ0n) is 17.5. The lowest BCUT2D eigenvalue weighted by Crippen LogP contribution is -2.32. The maximum absolute atomic E-state index is 15.1. The Morgan fingerprint density at radius 1 is 1.24 bits per heavy atom. The number of hydrogen-bond acceptors (Lipinski definition) is 5. The Morgan fingerprint density at radius 3 is 2.71 bits per heavy atom. The summed E-state index contributed by atoms with van der Waals surface area (Å²) in [6.45, 7) is 2.08. The van der Waals surface area contributed by atoms with Crippen molar-refractivity contribution in [1.29, 1.82) is 0 Å². The summed E-state index contributed by atoms with van der Waals surface area (Å²) in [7, 11) is 0. The Morgan fingerprint density at radius 2 is 2.00 bits per heavy atom. The van der Waals surface area contributed by atoms with Gasteiger partial charge in [-0.05, 0) is 31.2 Å². The van der Waals surface area contributed by atoms with E-state index in [1.54, 1.807) is 4.57 Å². The molecule has 0 saturated heterocycles. The van der Waals surface area contributed by atoms with Crippen LogP contribution in [0.25, 0.3) is 11.4 Å². The van der Waals surface area contributed by atoms with Gasteiger partial charge in [0.1, 0.15) is 23.2 Å². The van der Waals surface area contributed by atoms with E-state index in [4.69, 9.17) is 16.3 Å². The van der Waals surface area contributed by atoms with Crippen LogP contribution in [0.1, 0.15) is 23.1 Å². The zero-order valence-corrected chi connectivity index (χ0v) is 18.3. The van der Waals surface area contributed by atoms with E-state index < -0.39 is 46.8 Å². The molecule has 2 aromatic carbocycles. The molecule has 34 heavy (non-hydrogen) atoms. The topological polar surface area (TPSA) is 81.1 Å². The molecule has 0 radical (unpaired) electrons. The fourth-order valence-corrected chi connectivity index (χ4v) is 3.56. The largest absolute Gasteiger partial charge is 0.480 e. The number of benzene rings is 2. The number of amides is 1. The molecule has 0 bridgehead atoms. The lowest BCUT2D eigenvalue weighted by molar-refractivity contribution is -0.189. The van der Waals surface area contributed by atoms with Gasteiger partial charge in [-0.2, -0.15) is 13.2 Å². The number of carbonyl (C=O) groups is 1. The van der Waals surface area contributed by atoms with Gasteiger partial charge in [-0.25, -0.2) is 8.78 Å². The molecule has 180 valence electrons. The Balaban J connectivity index is 1.78. The summed E-state index contributed by atoms with van der Waals surface area (Å²) in [5.74, 6) is -2.93. The van der Waals surface area contributed by atoms with Gasteiger partial charge in [-0.15, -0.1) is 10.2 Å². The number of anilines is 1. The predicted molar refractivity (Wildman–Crippen MR) is 113 cm³/mol. The third kappa shape index (κ3) is 4.68. The molecule has 7 nitrogen and oxygen atoms in total. The molecule has 3 aromatic rings. The Hall–Kier alpha value is -3.25. The minimum atomic E-state index is -4.77. The molecule has 1 atom stereocenters. The average molecular weight is 502 g/mol. The predicted octanol–water partition coefficient (Wildman–Crippen LogP) is 4.56. The van der Waals surface area contributed by atoms with E-state index in [9.17, 15) is 22.4 Å². The molecular formula is C21H17ClF5N5O2. The summed E-state index contributed by atoms with van der Waals surface area (Å²) in [6.07, 6.45) is -7.09. The highest BCUT2D eigenvalue weighted by Crippen LogP contribution is 2.34. The third-order valence-corrected chi connectivity index (χ3v) is 5.46. The molecule has 1 aliphatic rings. The van der Waals surface area contributed by atoms with Crippen LogP contribution in [-0.4, -0.2) is 39.5 Å². The number of hydrogen-bond donors (Lipinski definition) is 2. The second kappa shape index (κ2) is 9.18. The van der Waals surface area contributed by atoms with Crippen LogP contribution in [0.15, 0.2) is 30.3 Å². The number of halogens is 6. The molecule has 0 fully saturated rings. The number of rotatable bonds is 5. The smallest absolute Gasteiger partial charge is 0.425 e. The van der Waals surface area contributed by atoms with Crippen LogP contribution in [0, 0.1) is 11.6 Å². The highest BCUT2D eigenvalue weighted by molar-refractivity contribution is 6.34. The van der Waals surface area contributed by atoms with Gasteiger partial charge in [0, 0.05) is 13.1 Å².